The van der Waals surface area contributed by atoms with E-state index in [1.165, 1.54) is 18.2 Å². The number of benzene rings is 2. The molecule has 2 aromatic carbocycles. The monoisotopic (exact) mass is 334 g/mol. The van der Waals surface area contributed by atoms with Gasteiger partial charge in [0.15, 0.2) is 17.5 Å². The molecule has 0 aromatic heterocycles. The molecule has 3 nitrogen and oxygen atoms in total. The van der Waals surface area contributed by atoms with Gasteiger partial charge in [0.25, 0.3) is 0 Å². The van der Waals surface area contributed by atoms with Crippen molar-refractivity contribution in [3.8, 4) is 0 Å². The lowest BCUT2D eigenvalue weighted by atomic mass is 10.3. The van der Waals surface area contributed by atoms with Gasteiger partial charge in [-0.15, -0.1) is 0 Å². The van der Waals surface area contributed by atoms with E-state index in [4.69, 9.17) is 23.2 Å². The van der Waals surface area contributed by atoms with Crippen molar-refractivity contribution in [3.63, 3.8) is 0 Å². The summed E-state index contributed by atoms with van der Waals surface area (Å²) in [5.74, 6) is -4.52. The first-order chi connectivity index (χ1) is 9.88. The third-order valence-corrected chi connectivity index (χ3v) is 3.02. The van der Waals surface area contributed by atoms with Gasteiger partial charge in [0, 0.05) is 5.02 Å². The van der Waals surface area contributed by atoms with Gasteiger partial charge in [0.2, 0.25) is 0 Å². The van der Waals surface area contributed by atoms with Crippen molar-refractivity contribution in [3.05, 3.63) is 57.8 Å². The standard InChI is InChI=1S/C13H7Cl2F3N2O/c14-6-1-2-7(15)10(5-6)20-13(21)19-9-4-3-8(16)11(17)12(9)18/h1-5H,(H2,19,20,21). The summed E-state index contributed by atoms with van der Waals surface area (Å²) in [6.07, 6.45) is 0. The minimum absolute atomic E-state index is 0.185. The Morgan fingerprint density at radius 2 is 1.57 bits per heavy atom. The molecule has 0 aliphatic carbocycles. The highest BCUT2D eigenvalue weighted by Crippen LogP contribution is 2.26. The zero-order valence-electron chi connectivity index (χ0n) is 10.2. The first-order valence-electron chi connectivity index (χ1n) is 5.55. The molecule has 0 unspecified atom stereocenters. The molecule has 0 aliphatic heterocycles. The topological polar surface area (TPSA) is 41.1 Å². The predicted octanol–water partition coefficient (Wildman–Crippen LogP) is 5.05. The van der Waals surface area contributed by atoms with Crippen LogP contribution in [0.4, 0.5) is 29.3 Å². The average molecular weight is 335 g/mol. The Balaban J connectivity index is 2.16. The summed E-state index contributed by atoms with van der Waals surface area (Å²) in [5, 5.41) is 4.89. The van der Waals surface area contributed by atoms with Crippen LogP contribution in [0.15, 0.2) is 30.3 Å². The van der Waals surface area contributed by atoms with E-state index < -0.39 is 29.2 Å². The summed E-state index contributed by atoms with van der Waals surface area (Å²) >= 11 is 11.6. The molecule has 21 heavy (non-hydrogen) atoms. The minimum atomic E-state index is -1.67. The van der Waals surface area contributed by atoms with Crippen molar-refractivity contribution in [2.24, 2.45) is 0 Å². The van der Waals surface area contributed by atoms with Crippen LogP contribution in [0.5, 0.6) is 0 Å². The van der Waals surface area contributed by atoms with Crippen LogP contribution in [-0.2, 0) is 0 Å². The van der Waals surface area contributed by atoms with Gasteiger partial charge in [0.05, 0.1) is 16.4 Å². The number of nitrogens with one attached hydrogen (secondary N) is 2. The molecule has 0 bridgehead atoms. The van der Waals surface area contributed by atoms with E-state index in [2.05, 4.69) is 5.32 Å². The molecule has 2 N–H and O–H groups in total. The van der Waals surface area contributed by atoms with E-state index in [0.29, 0.717) is 11.1 Å². The molecule has 2 rings (SSSR count). The van der Waals surface area contributed by atoms with Crippen molar-refractivity contribution < 1.29 is 18.0 Å². The average Bonchev–Trinajstić information content (AvgIpc) is 2.43. The van der Waals surface area contributed by atoms with Crippen LogP contribution >= 0.6 is 23.2 Å². The van der Waals surface area contributed by atoms with Crippen molar-refractivity contribution >= 4 is 40.6 Å². The number of anilines is 2. The van der Waals surface area contributed by atoms with Crippen molar-refractivity contribution in [1.82, 2.24) is 0 Å². The summed E-state index contributed by atoms with van der Waals surface area (Å²) < 4.78 is 39.2. The first kappa shape index (κ1) is 15.5. The highest BCUT2D eigenvalue weighted by molar-refractivity contribution is 6.35. The van der Waals surface area contributed by atoms with Gasteiger partial charge in [-0.25, -0.2) is 18.0 Å². The van der Waals surface area contributed by atoms with Crippen LogP contribution in [0.1, 0.15) is 0 Å². The summed E-state index contributed by atoms with van der Waals surface area (Å²) in [4.78, 5) is 11.7. The highest BCUT2D eigenvalue weighted by atomic mass is 35.5. The molecule has 0 aliphatic rings. The van der Waals surface area contributed by atoms with Gasteiger partial charge in [0.1, 0.15) is 0 Å². The fourth-order valence-electron chi connectivity index (χ4n) is 1.49. The van der Waals surface area contributed by atoms with Gasteiger partial charge in [-0.3, -0.25) is 0 Å². The SMILES string of the molecule is O=C(Nc1cc(Cl)ccc1Cl)Nc1ccc(F)c(F)c1F. The number of rotatable bonds is 2. The van der Waals surface area contributed by atoms with Crippen molar-refractivity contribution in [2.75, 3.05) is 10.6 Å². The second-order valence-corrected chi connectivity index (χ2v) is 4.77. The van der Waals surface area contributed by atoms with Gasteiger partial charge in [-0.05, 0) is 30.3 Å². The van der Waals surface area contributed by atoms with Crippen LogP contribution in [0.25, 0.3) is 0 Å². The summed E-state index contributed by atoms with van der Waals surface area (Å²) in [7, 11) is 0. The molecule has 0 saturated carbocycles. The number of carbonyl (C=O) groups excluding carboxylic acids is 1. The van der Waals surface area contributed by atoms with Gasteiger partial charge in [-0.2, -0.15) is 0 Å². The van der Waals surface area contributed by atoms with E-state index in [0.717, 1.165) is 6.07 Å². The Bertz CT molecular complexity index is 710. The van der Waals surface area contributed by atoms with Crippen LogP contribution in [-0.4, -0.2) is 6.03 Å². The maximum atomic E-state index is 13.4. The molecule has 0 heterocycles. The Kier molecular flexibility index (Phi) is 4.59. The molecule has 2 amide bonds. The Hall–Kier alpha value is -1.92. The van der Waals surface area contributed by atoms with E-state index in [1.807, 2.05) is 5.32 Å². The largest absolute Gasteiger partial charge is 0.323 e. The number of hydrogen-bond donors (Lipinski definition) is 2. The lowest BCUT2D eigenvalue weighted by Crippen LogP contribution is -2.20. The van der Waals surface area contributed by atoms with E-state index in [-0.39, 0.29) is 10.7 Å². The summed E-state index contributed by atoms with van der Waals surface area (Å²) in [6, 6.07) is 5.06. The van der Waals surface area contributed by atoms with Gasteiger partial charge < -0.3 is 10.6 Å². The van der Waals surface area contributed by atoms with Crippen LogP contribution in [0.2, 0.25) is 10.0 Å². The smallest absolute Gasteiger partial charge is 0.306 e. The molecule has 0 saturated heterocycles. The van der Waals surface area contributed by atoms with Crippen molar-refractivity contribution in [2.45, 2.75) is 0 Å². The lowest BCUT2D eigenvalue weighted by Gasteiger charge is -2.10. The molecular weight excluding hydrogens is 328 g/mol. The number of hydrogen-bond acceptors (Lipinski definition) is 1. The maximum absolute atomic E-state index is 13.4. The first-order valence-corrected chi connectivity index (χ1v) is 6.30. The molecule has 0 atom stereocenters. The fraction of sp³-hybridized carbons (Fsp3) is 0. The van der Waals surface area contributed by atoms with Gasteiger partial charge in [-0.1, -0.05) is 23.2 Å². The molecule has 8 heteroatoms. The van der Waals surface area contributed by atoms with Gasteiger partial charge >= 0.3 is 6.03 Å². The zero-order chi connectivity index (χ0) is 15.6. The third-order valence-electron chi connectivity index (χ3n) is 2.46. The highest BCUT2D eigenvalue weighted by Gasteiger charge is 2.15. The van der Waals surface area contributed by atoms with Crippen LogP contribution in [0.3, 0.4) is 0 Å². The van der Waals surface area contributed by atoms with Crippen LogP contribution < -0.4 is 10.6 Å². The molecule has 0 spiro atoms. The fourth-order valence-corrected chi connectivity index (χ4v) is 1.83. The van der Waals surface area contributed by atoms with E-state index in [1.54, 1.807) is 0 Å². The molecule has 2 aromatic rings. The number of halogens is 5. The van der Waals surface area contributed by atoms with Crippen LogP contribution in [0, 0.1) is 17.5 Å². The molecule has 110 valence electrons. The summed E-state index contributed by atoms with van der Waals surface area (Å²) in [5.41, 5.74) is -0.325. The van der Waals surface area contributed by atoms with Crippen molar-refractivity contribution in [1.29, 1.82) is 0 Å². The maximum Gasteiger partial charge on any atom is 0.323 e. The number of urea groups is 1. The predicted molar refractivity (Wildman–Crippen MR) is 75.4 cm³/mol. The lowest BCUT2D eigenvalue weighted by molar-refractivity contribution is 0.262. The molecule has 0 fully saturated rings. The third kappa shape index (κ3) is 3.59. The zero-order valence-corrected chi connectivity index (χ0v) is 11.7. The Morgan fingerprint density at radius 3 is 2.29 bits per heavy atom. The quantitative estimate of drug-likeness (QED) is 0.741. The second kappa shape index (κ2) is 6.24. The van der Waals surface area contributed by atoms with E-state index in [9.17, 15) is 18.0 Å². The minimum Gasteiger partial charge on any atom is -0.306 e. The normalized spacial score (nSPS) is 10.3. The number of amides is 2. The number of carbonyl (C=O) groups is 1. The molecule has 0 radical (unpaired) electrons. The van der Waals surface area contributed by atoms with E-state index >= 15 is 0 Å². The Labute approximate surface area is 127 Å². The second-order valence-electron chi connectivity index (χ2n) is 3.93. The Morgan fingerprint density at radius 1 is 0.905 bits per heavy atom. The summed E-state index contributed by atoms with van der Waals surface area (Å²) in [6.45, 7) is 0. The molecular formula is C13H7Cl2F3N2O.